The number of ether oxygens (including phenoxy) is 1. The van der Waals surface area contributed by atoms with Crippen molar-refractivity contribution in [2.75, 3.05) is 27.2 Å². The molecule has 3 rings (SSSR count). The van der Waals surface area contributed by atoms with E-state index in [1.807, 2.05) is 25.9 Å². The number of likely N-dealkylation sites (N-methyl/N-ethyl adjacent to an activating group) is 1. The molecule has 150 valence electrons. The van der Waals surface area contributed by atoms with Crippen LogP contribution in [0.4, 0.5) is 0 Å². The Bertz CT molecular complexity index is 1140. The fourth-order valence-electron chi connectivity index (χ4n) is 3.07. The summed E-state index contributed by atoms with van der Waals surface area (Å²) >= 11 is 9.57. The average Bonchev–Trinajstić information content (AvgIpc) is 2.86. The molecule has 0 atom stereocenters. The van der Waals surface area contributed by atoms with Crippen LogP contribution in [0.2, 0.25) is 5.02 Å². The summed E-state index contributed by atoms with van der Waals surface area (Å²) in [5.41, 5.74) is 1.98. The number of fused-ring (bicyclic) bond motifs is 1. The molecular formula is C20H22BrClN2O3S. The Morgan fingerprint density at radius 1 is 1.14 bits per heavy atom. The summed E-state index contributed by atoms with van der Waals surface area (Å²) in [6, 6.07) is 10.4. The van der Waals surface area contributed by atoms with Crippen molar-refractivity contribution in [2.45, 2.75) is 18.7 Å². The van der Waals surface area contributed by atoms with E-state index in [9.17, 15) is 8.42 Å². The van der Waals surface area contributed by atoms with E-state index in [-0.39, 0.29) is 4.90 Å². The largest absolute Gasteiger partial charge is 0.490 e. The van der Waals surface area contributed by atoms with E-state index < -0.39 is 10.0 Å². The van der Waals surface area contributed by atoms with Gasteiger partial charge in [0.25, 0.3) is 10.0 Å². The van der Waals surface area contributed by atoms with Crippen LogP contribution in [0.15, 0.2) is 45.8 Å². The highest BCUT2D eigenvalue weighted by molar-refractivity contribution is 9.10. The Hall–Kier alpha value is -1.54. The standard InChI is InChI=1S/C20H22BrClN2O3S/c1-13-5-8-19(17(21)11-13)28(25,26)24-14(2)20(27-10-9-23(3)4)16-7-6-15(22)12-18(16)24/h5-8,11-12H,9-10H2,1-4H3. The van der Waals surface area contributed by atoms with Crippen LogP contribution in [0, 0.1) is 13.8 Å². The summed E-state index contributed by atoms with van der Waals surface area (Å²) in [6.07, 6.45) is 0. The molecule has 0 unspecified atom stereocenters. The molecule has 3 aromatic rings. The van der Waals surface area contributed by atoms with Gasteiger partial charge >= 0.3 is 0 Å². The van der Waals surface area contributed by atoms with Gasteiger partial charge in [0.2, 0.25) is 0 Å². The molecule has 0 aliphatic rings. The topological polar surface area (TPSA) is 51.5 Å². The molecule has 8 heteroatoms. The summed E-state index contributed by atoms with van der Waals surface area (Å²) in [5, 5.41) is 1.18. The van der Waals surface area contributed by atoms with E-state index in [0.717, 1.165) is 12.1 Å². The second-order valence-corrected chi connectivity index (χ2v) is 9.98. The fraction of sp³-hybridized carbons (Fsp3) is 0.300. The fourth-order valence-corrected chi connectivity index (χ4v) is 5.94. The predicted octanol–water partition coefficient (Wildman–Crippen LogP) is 4.85. The third-order valence-corrected chi connectivity index (χ3v) is 7.46. The predicted molar refractivity (Wildman–Crippen MR) is 117 cm³/mol. The lowest BCUT2D eigenvalue weighted by atomic mass is 10.2. The third-order valence-electron chi connectivity index (χ3n) is 4.45. The van der Waals surface area contributed by atoms with Crippen molar-refractivity contribution in [1.82, 2.24) is 8.87 Å². The molecule has 28 heavy (non-hydrogen) atoms. The summed E-state index contributed by atoms with van der Waals surface area (Å²) in [4.78, 5) is 2.20. The van der Waals surface area contributed by atoms with Gasteiger partial charge in [-0.05, 0) is 79.8 Å². The first kappa shape index (κ1) is 21.2. The van der Waals surface area contributed by atoms with E-state index in [0.29, 0.717) is 38.4 Å². The Morgan fingerprint density at radius 3 is 2.50 bits per heavy atom. The van der Waals surface area contributed by atoms with Crippen LogP contribution in [0.3, 0.4) is 0 Å². The zero-order valence-corrected chi connectivity index (χ0v) is 19.3. The Balaban J connectivity index is 2.22. The van der Waals surface area contributed by atoms with Gasteiger partial charge in [0.05, 0.1) is 11.2 Å². The van der Waals surface area contributed by atoms with Crippen molar-refractivity contribution in [2.24, 2.45) is 0 Å². The van der Waals surface area contributed by atoms with E-state index in [1.54, 1.807) is 43.3 Å². The lowest BCUT2D eigenvalue weighted by Gasteiger charge is -2.13. The SMILES string of the molecule is Cc1ccc(S(=O)(=O)n2c(C)c(OCCN(C)C)c3ccc(Cl)cc32)c(Br)c1. The number of benzene rings is 2. The zero-order valence-electron chi connectivity index (χ0n) is 16.2. The van der Waals surface area contributed by atoms with Gasteiger partial charge in [-0.15, -0.1) is 0 Å². The monoisotopic (exact) mass is 484 g/mol. The first-order valence-corrected chi connectivity index (χ1v) is 11.3. The molecular weight excluding hydrogens is 464 g/mol. The van der Waals surface area contributed by atoms with Crippen molar-refractivity contribution in [3.63, 3.8) is 0 Å². The minimum Gasteiger partial charge on any atom is -0.490 e. The van der Waals surface area contributed by atoms with Gasteiger partial charge in [0.1, 0.15) is 17.3 Å². The van der Waals surface area contributed by atoms with Crippen LogP contribution in [-0.4, -0.2) is 44.5 Å². The van der Waals surface area contributed by atoms with Crippen LogP contribution in [0.1, 0.15) is 11.3 Å². The molecule has 0 spiro atoms. The van der Waals surface area contributed by atoms with Crippen molar-refractivity contribution < 1.29 is 13.2 Å². The van der Waals surface area contributed by atoms with Crippen molar-refractivity contribution in [1.29, 1.82) is 0 Å². The van der Waals surface area contributed by atoms with Gasteiger partial charge in [0.15, 0.2) is 0 Å². The average molecular weight is 486 g/mol. The Labute approximate surface area is 179 Å². The van der Waals surface area contributed by atoms with E-state index >= 15 is 0 Å². The molecule has 0 amide bonds. The van der Waals surface area contributed by atoms with E-state index in [1.165, 1.54) is 3.97 Å². The minimum atomic E-state index is -3.86. The van der Waals surface area contributed by atoms with Crippen LogP contribution >= 0.6 is 27.5 Å². The Kier molecular flexibility index (Phi) is 6.10. The second-order valence-electron chi connectivity index (χ2n) is 6.93. The first-order chi connectivity index (χ1) is 13.1. The molecule has 0 aliphatic heterocycles. The molecule has 0 radical (unpaired) electrons. The van der Waals surface area contributed by atoms with Crippen molar-refractivity contribution >= 4 is 48.5 Å². The molecule has 0 bridgehead atoms. The van der Waals surface area contributed by atoms with Gasteiger partial charge < -0.3 is 9.64 Å². The number of nitrogens with zero attached hydrogens (tertiary/aromatic N) is 2. The summed E-state index contributed by atoms with van der Waals surface area (Å²) in [7, 11) is 0.0537. The normalized spacial score (nSPS) is 12.1. The van der Waals surface area contributed by atoms with Gasteiger partial charge in [0, 0.05) is 21.4 Å². The zero-order chi connectivity index (χ0) is 20.6. The molecule has 0 aliphatic carbocycles. The molecule has 0 saturated carbocycles. The number of halogens is 2. The second kappa shape index (κ2) is 8.06. The summed E-state index contributed by atoms with van der Waals surface area (Å²) in [6.45, 7) is 4.83. The summed E-state index contributed by atoms with van der Waals surface area (Å²) in [5.74, 6) is 0.556. The van der Waals surface area contributed by atoms with Crippen LogP contribution in [0.5, 0.6) is 5.75 Å². The van der Waals surface area contributed by atoms with E-state index in [4.69, 9.17) is 16.3 Å². The lowest BCUT2D eigenvalue weighted by molar-refractivity contribution is 0.262. The van der Waals surface area contributed by atoms with Gasteiger partial charge in [-0.3, -0.25) is 0 Å². The number of hydrogen-bond acceptors (Lipinski definition) is 4. The molecule has 0 fully saturated rings. The Morgan fingerprint density at radius 2 is 1.86 bits per heavy atom. The van der Waals surface area contributed by atoms with Gasteiger partial charge in [-0.25, -0.2) is 12.4 Å². The molecule has 2 aromatic carbocycles. The van der Waals surface area contributed by atoms with Crippen LogP contribution in [-0.2, 0) is 10.0 Å². The summed E-state index contributed by atoms with van der Waals surface area (Å²) < 4.78 is 34.9. The smallest absolute Gasteiger partial charge is 0.269 e. The highest BCUT2D eigenvalue weighted by Crippen LogP contribution is 2.38. The molecule has 0 N–H and O–H groups in total. The number of hydrogen-bond donors (Lipinski definition) is 0. The van der Waals surface area contributed by atoms with Gasteiger partial charge in [-0.2, -0.15) is 0 Å². The van der Waals surface area contributed by atoms with Crippen molar-refractivity contribution in [3.8, 4) is 5.75 Å². The number of rotatable bonds is 6. The number of aromatic nitrogens is 1. The maximum Gasteiger partial charge on any atom is 0.269 e. The third kappa shape index (κ3) is 3.94. The number of aryl methyl sites for hydroxylation is 1. The molecule has 0 saturated heterocycles. The quantitative estimate of drug-likeness (QED) is 0.501. The highest BCUT2D eigenvalue weighted by atomic mass is 79.9. The molecule has 1 heterocycles. The minimum absolute atomic E-state index is 0.193. The highest BCUT2D eigenvalue weighted by Gasteiger charge is 2.27. The van der Waals surface area contributed by atoms with Crippen LogP contribution in [0.25, 0.3) is 10.9 Å². The molecule has 5 nitrogen and oxygen atoms in total. The van der Waals surface area contributed by atoms with Crippen LogP contribution < -0.4 is 4.74 Å². The molecule has 1 aromatic heterocycles. The van der Waals surface area contributed by atoms with Crippen molar-refractivity contribution in [3.05, 3.63) is 57.2 Å². The maximum atomic E-state index is 13.5. The van der Waals surface area contributed by atoms with Gasteiger partial charge in [-0.1, -0.05) is 17.7 Å². The first-order valence-electron chi connectivity index (χ1n) is 8.72. The van der Waals surface area contributed by atoms with E-state index in [2.05, 4.69) is 15.9 Å². The lowest BCUT2D eigenvalue weighted by Crippen LogP contribution is -2.20. The maximum absolute atomic E-state index is 13.5.